The standard InChI is InChI=1S/C17H15N3O6/c21-15(18-19-17(23)12-6-2-1-3-7-12)11-26-16(22)10-13-8-4-5-9-14(13)20(24)25/h1-9H,10-11H2,(H,18,21)(H,19,23). The number of ether oxygens (including phenoxy) is 1. The Morgan fingerprint density at radius 2 is 1.62 bits per heavy atom. The Kier molecular flexibility index (Phi) is 6.38. The number of para-hydroxylation sites is 1. The highest BCUT2D eigenvalue weighted by molar-refractivity contribution is 5.95. The maximum atomic E-state index is 11.7. The van der Waals surface area contributed by atoms with Crippen LogP contribution in [0.4, 0.5) is 5.69 Å². The molecule has 26 heavy (non-hydrogen) atoms. The van der Waals surface area contributed by atoms with Crippen LogP contribution in [0.15, 0.2) is 54.6 Å². The van der Waals surface area contributed by atoms with E-state index in [0.29, 0.717) is 5.56 Å². The minimum Gasteiger partial charge on any atom is -0.455 e. The lowest BCUT2D eigenvalue weighted by molar-refractivity contribution is -0.385. The second-order valence-electron chi connectivity index (χ2n) is 5.09. The zero-order chi connectivity index (χ0) is 18.9. The van der Waals surface area contributed by atoms with Gasteiger partial charge in [-0.15, -0.1) is 0 Å². The number of esters is 1. The number of nitro groups is 1. The predicted molar refractivity (Wildman–Crippen MR) is 89.8 cm³/mol. The molecule has 2 N–H and O–H groups in total. The van der Waals surface area contributed by atoms with Crippen molar-refractivity contribution in [3.63, 3.8) is 0 Å². The number of carbonyl (C=O) groups excluding carboxylic acids is 3. The third-order valence-electron chi connectivity index (χ3n) is 3.24. The first kappa shape index (κ1) is 18.6. The van der Waals surface area contributed by atoms with Gasteiger partial charge < -0.3 is 4.74 Å². The number of carbonyl (C=O) groups is 3. The van der Waals surface area contributed by atoms with Crippen LogP contribution in [0.25, 0.3) is 0 Å². The van der Waals surface area contributed by atoms with Gasteiger partial charge >= 0.3 is 5.97 Å². The molecule has 0 aliphatic heterocycles. The van der Waals surface area contributed by atoms with Crippen molar-refractivity contribution >= 4 is 23.5 Å². The van der Waals surface area contributed by atoms with Gasteiger partial charge in [0, 0.05) is 17.2 Å². The highest BCUT2D eigenvalue weighted by Gasteiger charge is 2.17. The summed E-state index contributed by atoms with van der Waals surface area (Å²) in [5.74, 6) is -2.07. The van der Waals surface area contributed by atoms with Crippen LogP contribution in [0.5, 0.6) is 0 Å². The molecule has 2 amide bonds. The molecule has 0 aliphatic carbocycles. The second-order valence-corrected chi connectivity index (χ2v) is 5.09. The number of hydrazine groups is 1. The molecule has 0 saturated heterocycles. The van der Waals surface area contributed by atoms with Crippen LogP contribution in [-0.4, -0.2) is 29.3 Å². The fourth-order valence-corrected chi connectivity index (χ4v) is 2.02. The number of amides is 2. The lowest BCUT2D eigenvalue weighted by Gasteiger charge is -2.08. The molecule has 0 fully saturated rings. The molecule has 9 nitrogen and oxygen atoms in total. The quantitative estimate of drug-likeness (QED) is 0.453. The number of hydrogen-bond acceptors (Lipinski definition) is 6. The van der Waals surface area contributed by atoms with Crippen molar-refractivity contribution in [2.45, 2.75) is 6.42 Å². The molecule has 134 valence electrons. The lowest BCUT2D eigenvalue weighted by atomic mass is 10.1. The molecule has 0 unspecified atom stereocenters. The molecule has 0 aromatic heterocycles. The molecule has 0 spiro atoms. The van der Waals surface area contributed by atoms with Crippen molar-refractivity contribution in [2.24, 2.45) is 0 Å². The van der Waals surface area contributed by atoms with E-state index < -0.39 is 29.3 Å². The summed E-state index contributed by atoms with van der Waals surface area (Å²) >= 11 is 0. The van der Waals surface area contributed by atoms with Crippen LogP contribution < -0.4 is 10.9 Å². The largest absolute Gasteiger partial charge is 0.455 e. The summed E-state index contributed by atoms with van der Waals surface area (Å²) in [4.78, 5) is 45.4. The molecule has 9 heteroatoms. The van der Waals surface area contributed by atoms with E-state index in [9.17, 15) is 24.5 Å². The number of rotatable bonds is 6. The van der Waals surface area contributed by atoms with E-state index >= 15 is 0 Å². The zero-order valence-electron chi connectivity index (χ0n) is 13.5. The summed E-state index contributed by atoms with van der Waals surface area (Å²) in [5, 5.41) is 10.9. The Labute approximate surface area is 148 Å². The monoisotopic (exact) mass is 357 g/mol. The summed E-state index contributed by atoms with van der Waals surface area (Å²) in [6.45, 7) is -0.630. The Morgan fingerprint density at radius 1 is 0.962 bits per heavy atom. The molecule has 2 aromatic carbocycles. The fourth-order valence-electron chi connectivity index (χ4n) is 2.02. The summed E-state index contributed by atoms with van der Waals surface area (Å²) in [6, 6.07) is 13.9. The summed E-state index contributed by atoms with van der Waals surface area (Å²) in [6.07, 6.45) is -0.346. The maximum absolute atomic E-state index is 11.7. The molecule has 0 atom stereocenters. The molecule has 0 bridgehead atoms. The molecule has 0 heterocycles. The maximum Gasteiger partial charge on any atom is 0.311 e. The van der Waals surface area contributed by atoms with Gasteiger partial charge in [0.1, 0.15) is 0 Å². The van der Waals surface area contributed by atoms with Gasteiger partial charge in [0.05, 0.1) is 11.3 Å². The van der Waals surface area contributed by atoms with Crippen molar-refractivity contribution < 1.29 is 24.0 Å². The van der Waals surface area contributed by atoms with Crippen molar-refractivity contribution in [1.82, 2.24) is 10.9 Å². The number of hydrogen-bond donors (Lipinski definition) is 2. The third-order valence-corrected chi connectivity index (χ3v) is 3.24. The number of nitrogens with zero attached hydrogens (tertiary/aromatic N) is 1. The van der Waals surface area contributed by atoms with Crippen molar-refractivity contribution in [2.75, 3.05) is 6.61 Å². The van der Waals surface area contributed by atoms with Gasteiger partial charge in [0.25, 0.3) is 17.5 Å². The first-order chi connectivity index (χ1) is 12.5. The minimum absolute atomic E-state index is 0.181. The van der Waals surface area contributed by atoms with Gasteiger partial charge in [-0.3, -0.25) is 35.3 Å². The van der Waals surface area contributed by atoms with Gasteiger partial charge in [-0.2, -0.15) is 0 Å². The molecule has 2 aromatic rings. The molecule has 2 rings (SSSR count). The van der Waals surface area contributed by atoms with E-state index in [0.717, 1.165) is 0 Å². The zero-order valence-corrected chi connectivity index (χ0v) is 13.5. The first-order valence-corrected chi connectivity index (χ1v) is 7.49. The van der Waals surface area contributed by atoms with Gasteiger partial charge in [-0.05, 0) is 12.1 Å². The van der Waals surface area contributed by atoms with Crippen molar-refractivity contribution in [3.8, 4) is 0 Å². The summed E-state index contributed by atoms with van der Waals surface area (Å²) < 4.78 is 4.76. The normalized spacial score (nSPS) is 9.85. The van der Waals surface area contributed by atoms with Crippen LogP contribution in [0.1, 0.15) is 15.9 Å². The van der Waals surface area contributed by atoms with E-state index in [1.54, 1.807) is 36.4 Å². The van der Waals surface area contributed by atoms with E-state index in [2.05, 4.69) is 10.9 Å². The highest BCUT2D eigenvalue weighted by Crippen LogP contribution is 2.18. The third kappa shape index (κ3) is 5.41. The van der Waals surface area contributed by atoms with E-state index in [4.69, 9.17) is 4.74 Å². The van der Waals surface area contributed by atoms with Crippen molar-refractivity contribution in [1.29, 1.82) is 0 Å². The Balaban J connectivity index is 1.78. The molecular formula is C17H15N3O6. The smallest absolute Gasteiger partial charge is 0.311 e. The summed E-state index contributed by atoms with van der Waals surface area (Å²) in [7, 11) is 0. The Hall–Kier alpha value is -3.75. The number of nitro benzene ring substituents is 1. The Morgan fingerprint density at radius 3 is 2.31 bits per heavy atom. The van der Waals surface area contributed by atoms with Gasteiger partial charge in [0.15, 0.2) is 6.61 Å². The molecule has 0 saturated carbocycles. The minimum atomic E-state index is -0.802. The fraction of sp³-hybridized carbons (Fsp3) is 0.118. The van der Waals surface area contributed by atoms with Crippen LogP contribution in [0.3, 0.4) is 0 Å². The Bertz CT molecular complexity index is 822. The topological polar surface area (TPSA) is 128 Å². The van der Waals surface area contributed by atoms with Crippen LogP contribution in [0.2, 0.25) is 0 Å². The second kappa shape index (κ2) is 8.92. The SMILES string of the molecule is O=C(COC(=O)Cc1ccccc1[N+](=O)[O-])NNC(=O)c1ccccc1. The lowest BCUT2D eigenvalue weighted by Crippen LogP contribution is -2.43. The van der Waals surface area contributed by atoms with Crippen LogP contribution in [0, 0.1) is 10.1 Å². The van der Waals surface area contributed by atoms with Gasteiger partial charge in [-0.1, -0.05) is 36.4 Å². The predicted octanol–water partition coefficient (Wildman–Crippen LogP) is 1.14. The first-order valence-electron chi connectivity index (χ1n) is 7.49. The van der Waals surface area contributed by atoms with E-state index in [1.165, 1.54) is 18.2 Å². The molecular weight excluding hydrogens is 342 g/mol. The van der Waals surface area contributed by atoms with E-state index in [1.807, 2.05) is 0 Å². The van der Waals surface area contributed by atoms with E-state index in [-0.39, 0.29) is 17.7 Å². The molecule has 0 aliphatic rings. The molecule has 0 radical (unpaired) electrons. The average molecular weight is 357 g/mol. The number of nitrogens with one attached hydrogen (secondary N) is 2. The summed E-state index contributed by atoms with van der Waals surface area (Å²) in [5.41, 5.74) is 4.61. The average Bonchev–Trinajstić information content (AvgIpc) is 2.65. The van der Waals surface area contributed by atoms with Crippen LogP contribution in [-0.2, 0) is 20.7 Å². The van der Waals surface area contributed by atoms with Gasteiger partial charge in [-0.25, -0.2) is 0 Å². The van der Waals surface area contributed by atoms with Crippen LogP contribution >= 0.6 is 0 Å². The van der Waals surface area contributed by atoms with Gasteiger partial charge in [0.2, 0.25) is 0 Å². The number of benzene rings is 2. The van der Waals surface area contributed by atoms with Crippen molar-refractivity contribution in [3.05, 3.63) is 75.8 Å². The highest BCUT2D eigenvalue weighted by atomic mass is 16.6.